The third-order valence-corrected chi connectivity index (χ3v) is 4.16. The summed E-state index contributed by atoms with van der Waals surface area (Å²) < 4.78 is 12.7. The monoisotopic (exact) mass is 297 g/mol. The molecule has 3 rings (SSSR count). The Bertz CT molecular complexity index is 545. The van der Waals surface area contributed by atoms with E-state index in [4.69, 9.17) is 9.47 Å². The van der Waals surface area contributed by atoms with E-state index in [2.05, 4.69) is 43.4 Å². The smallest absolute Gasteiger partial charge is 0.222 e. The number of likely N-dealkylation sites (N-methyl/N-ethyl adjacent to an activating group) is 1. The zero-order valence-electron chi connectivity index (χ0n) is 13.2. The second-order valence-electron chi connectivity index (χ2n) is 5.66. The molecule has 3 heteroatoms. The largest absolute Gasteiger partial charge is 0.339 e. The van der Waals surface area contributed by atoms with Crippen LogP contribution in [0.5, 0.6) is 0 Å². The lowest BCUT2D eigenvalue weighted by Gasteiger charge is -2.30. The van der Waals surface area contributed by atoms with Crippen LogP contribution in [0.25, 0.3) is 0 Å². The molecule has 1 heterocycles. The zero-order valence-corrected chi connectivity index (χ0v) is 13.2. The van der Waals surface area contributed by atoms with Gasteiger partial charge in [0.1, 0.15) is 6.10 Å². The Morgan fingerprint density at radius 3 is 2.09 bits per heavy atom. The van der Waals surface area contributed by atoms with Crippen LogP contribution in [0.4, 0.5) is 0 Å². The topological polar surface area (TPSA) is 30.5 Å². The number of hydrogen-bond donors (Lipinski definition) is 1. The fraction of sp³-hybridized carbons (Fsp3) is 0.368. The summed E-state index contributed by atoms with van der Waals surface area (Å²) in [6.07, 6.45) is 0.0281. The predicted molar refractivity (Wildman–Crippen MR) is 87.6 cm³/mol. The molecule has 0 radical (unpaired) electrons. The van der Waals surface area contributed by atoms with Crippen molar-refractivity contribution in [3.8, 4) is 0 Å². The molecular weight excluding hydrogens is 274 g/mol. The van der Waals surface area contributed by atoms with Crippen molar-refractivity contribution in [2.45, 2.75) is 31.8 Å². The molecule has 2 atom stereocenters. The molecule has 1 fully saturated rings. The summed E-state index contributed by atoms with van der Waals surface area (Å²) in [5.74, 6) is -0.809. The first kappa shape index (κ1) is 15.2. The van der Waals surface area contributed by atoms with E-state index in [-0.39, 0.29) is 12.1 Å². The summed E-state index contributed by atoms with van der Waals surface area (Å²) in [6.45, 7) is 5.75. The normalized spacial score (nSPS) is 21.6. The maximum Gasteiger partial charge on any atom is 0.222 e. The van der Waals surface area contributed by atoms with Crippen molar-refractivity contribution in [3.63, 3.8) is 0 Å². The molecule has 1 saturated heterocycles. The molecule has 1 aliphatic rings. The molecule has 0 aromatic heterocycles. The third-order valence-electron chi connectivity index (χ3n) is 4.16. The Hall–Kier alpha value is -1.68. The van der Waals surface area contributed by atoms with Crippen LogP contribution in [-0.2, 0) is 15.3 Å². The van der Waals surface area contributed by atoms with Crippen LogP contribution in [0, 0.1) is 0 Å². The lowest BCUT2D eigenvalue weighted by atomic mass is 9.97. The van der Waals surface area contributed by atoms with Gasteiger partial charge < -0.3 is 14.8 Å². The fourth-order valence-electron chi connectivity index (χ4n) is 2.97. The minimum Gasteiger partial charge on any atom is -0.339 e. The minimum absolute atomic E-state index is 0.0281. The lowest BCUT2D eigenvalue weighted by Crippen LogP contribution is -2.40. The number of benzene rings is 2. The molecule has 1 N–H and O–H groups in total. The highest BCUT2D eigenvalue weighted by molar-refractivity contribution is 5.34. The quantitative estimate of drug-likeness (QED) is 0.918. The maximum atomic E-state index is 6.45. The first-order valence-corrected chi connectivity index (χ1v) is 7.92. The van der Waals surface area contributed by atoms with Crippen molar-refractivity contribution < 1.29 is 9.47 Å². The average Bonchev–Trinajstić information content (AvgIpc) is 3.03. The molecule has 3 nitrogen and oxygen atoms in total. The zero-order chi connectivity index (χ0) is 15.4. The summed E-state index contributed by atoms with van der Waals surface area (Å²) in [5, 5.41) is 3.42. The van der Waals surface area contributed by atoms with Gasteiger partial charge in [0.25, 0.3) is 0 Å². The van der Waals surface area contributed by atoms with Crippen molar-refractivity contribution in [1.82, 2.24) is 5.32 Å². The molecule has 1 aliphatic heterocycles. The maximum absolute atomic E-state index is 6.45. The molecule has 0 saturated carbocycles. The average molecular weight is 297 g/mol. The molecule has 2 aromatic carbocycles. The van der Waals surface area contributed by atoms with Crippen molar-refractivity contribution in [3.05, 3.63) is 71.8 Å². The van der Waals surface area contributed by atoms with E-state index in [0.29, 0.717) is 6.61 Å². The van der Waals surface area contributed by atoms with E-state index in [1.54, 1.807) is 0 Å². The first-order valence-electron chi connectivity index (χ1n) is 7.92. The van der Waals surface area contributed by atoms with Crippen LogP contribution in [0.15, 0.2) is 60.7 Å². The number of hydrogen-bond acceptors (Lipinski definition) is 3. The van der Waals surface area contributed by atoms with Gasteiger partial charge in [-0.05, 0) is 13.5 Å². The number of rotatable bonds is 5. The Morgan fingerprint density at radius 2 is 1.59 bits per heavy atom. The fourth-order valence-corrected chi connectivity index (χ4v) is 2.97. The second kappa shape index (κ2) is 6.61. The van der Waals surface area contributed by atoms with E-state index in [9.17, 15) is 0 Å². The molecule has 0 unspecified atom stereocenters. The molecule has 0 bridgehead atoms. The van der Waals surface area contributed by atoms with Gasteiger partial charge in [-0.25, -0.2) is 0 Å². The van der Waals surface area contributed by atoms with Gasteiger partial charge in [-0.15, -0.1) is 0 Å². The van der Waals surface area contributed by atoms with Crippen LogP contribution in [0.2, 0.25) is 0 Å². The Balaban J connectivity index is 1.96. The molecule has 0 spiro atoms. The summed E-state index contributed by atoms with van der Waals surface area (Å²) in [5.41, 5.74) is 2.07. The van der Waals surface area contributed by atoms with Gasteiger partial charge in [0.15, 0.2) is 0 Å². The van der Waals surface area contributed by atoms with E-state index >= 15 is 0 Å². The lowest BCUT2D eigenvalue weighted by molar-refractivity contribution is -0.145. The van der Waals surface area contributed by atoms with Gasteiger partial charge in [0.2, 0.25) is 5.79 Å². The van der Waals surface area contributed by atoms with Crippen molar-refractivity contribution in [1.29, 1.82) is 0 Å². The number of nitrogens with one attached hydrogen (secondary N) is 1. The Kier molecular flexibility index (Phi) is 4.57. The summed E-state index contributed by atoms with van der Waals surface area (Å²) in [4.78, 5) is 0. The van der Waals surface area contributed by atoms with Gasteiger partial charge in [0.05, 0.1) is 6.61 Å². The third kappa shape index (κ3) is 2.80. The van der Waals surface area contributed by atoms with Crippen LogP contribution in [0.1, 0.15) is 25.0 Å². The molecular formula is C19H23NO2. The van der Waals surface area contributed by atoms with E-state index in [1.165, 1.54) is 0 Å². The SMILES string of the molecule is CCN[C@@H](C)[C@H]1COC(c2ccccc2)(c2ccccc2)O1. The second-order valence-corrected chi connectivity index (χ2v) is 5.66. The molecule has 116 valence electrons. The van der Waals surface area contributed by atoms with Crippen LogP contribution in [0.3, 0.4) is 0 Å². The summed E-state index contributed by atoms with van der Waals surface area (Å²) in [7, 11) is 0. The van der Waals surface area contributed by atoms with Crippen LogP contribution in [-0.4, -0.2) is 25.3 Å². The minimum atomic E-state index is -0.809. The van der Waals surface area contributed by atoms with E-state index in [0.717, 1.165) is 17.7 Å². The van der Waals surface area contributed by atoms with Crippen molar-refractivity contribution in [2.24, 2.45) is 0 Å². The highest BCUT2D eigenvalue weighted by atomic mass is 16.7. The summed E-state index contributed by atoms with van der Waals surface area (Å²) in [6, 6.07) is 20.6. The molecule has 22 heavy (non-hydrogen) atoms. The molecule has 2 aromatic rings. The summed E-state index contributed by atoms with van der Waals surface area (Å²) >= 11 is 0. The standard InChI is InChI=1S/C19H23NO2/c1-3-20-15(2)18-14-21-19(22-18,16-10-6-4-7-11-16)17-12-8-5-9-13-17/h4-13,15,18,20H,3,14H2,1-2H3/t15-,18+/m0/s1. The highest BCUT2D eigenvalue weighted by Crippen LogP contribution is 2.41. The molecule has 0 aliphatic carbocycles. The van der Waals surface area contributed by atoms with E-state index < -0.39 is 5.79 Å². The van der Waals surface area contributed by atoms with Crippen molar-refractivity contribution in [2.75, 3.05) is 13.2 Å². The van der Waals surface area contributed by atoms with Crippen LogP contribution >= 0.6 is 0 Å². The van der Waals surface area contributed by atoms with Gasteiger partial charge in [-0.1, -0.05) is 67.6 Å². The Labute approximate surface area is 132 Å². The number of ether oxygens (including phenoxy) is 2. The van der Waals surface area contributed by atoms with Gasteiger partial charge >= 0.3 is 0 Å². The van der Waals surface area contributed by atoms with Gasteiger partial charge in [-0.2, -0.15) is 0 Å². The van der Waals surface area contributed by atoms with Crippen LogP contribution < -0.4 is 5.32 Å². The van der Waals surface area contributed by atoms with Crippen molar-refractivity contribution >= 4 is 0 Å². The predicted octanol–water partition coefficient (Wildman–Crippen LogP) is 3.30. The highest BCUT2D eigenvalue weighted by Gasteiger charge is 2.46. The van der Waals surface area contributed by atoms with Gasteiger partial charge in [0, 0.05) is 17.2 Å². The Morgan fingerprint density at radius 1 is 1.05 bits per heavy atom. The first-order chi connectivity index (χ1) is 10.8. The van der Waals surface area contributed by atoms with E-state index in [1.807, 2.05) is 36.4 Å². The molecule has 0 amide bonds. The van der Waals surface area contributed by atoms with Gasteiger partial charge in [-0.3, -0.25) is 0 Å².